The SMILES string of the molecule is COC(=O)C(C(=O)OC)[C@@H](C)[C@@H](NC(=O)CNC(=O)OCc1ccccc1)C(=O)OC. The Morgan fingerprint density at radius 3 is 1.94 bits per heavy atom. The molecule has 0 aliphatic heterocycles. The first-order valence-electron chi connectivity index (χ1n) is 9.22. The molecule has 2 atom stereocenters. The normalized spacial score (nSPS) is 12.2. The summed E-state index contributed by atoms with van der Waals surface area (Å²) in [6.45, 7) is 0.868. The molecule has 1 aromatic rings. The van der Waals surface area contributed by atoms with Gasteiger partial charge >= 0.3 is 24.0 Å². The second kappa shape index (κ2) is 12.8. The molecule has 0 bridgehead atoms. The van der Waals surface area contributed by atoms with Crippen molar-refractivity contribution in [3.05, 3.63) is 35.9 Å². The number of ether oxygens (including phenoxy) is 4. The average molecular weight is 438 g/mol. The fourth-order valence-electron chi connectivity index (χ4n) is 2.65. The van der Waals surface area contributed by atoms with Crippen LogP contribution in [-0.4, -0.2) is 63.8 Å². The van der Waals surface area contributed by atoms with Gasteiger partial charge in [0.1, 0.15) is 19.2 Å². The maximum atomic E-state index is 12.2. The molecular formula is C20H26N2O9. The molecule has 0 saturated heterocycles. The highest BCUT2D eigenvalue weighted by molar-refractivity contribution is 5.96. The second-order valence-corrected chi connectivity index (χ2v) is 6.37. The van der Waals surface area contributed by atoms with E-state index in [0.717, 1.165) is 26.9 Å². The molecule has 0 fully saturated rings. The molecule has 0 heterocycles. The lowest BCUT2D eigenvalue weighted by Gasteiger charge is -2.27. The molecule has 0 aliphatic carbocycles. The van der Waals surface area contributed by atoms with Crippen LogP contribution >= 0.6 is 0 Å². The summed E-state index contributed by atoms with van der Waals surface area (Å²) in [5, 5.41) is 4.58. The molecule has 0 spiro atoms. The fourth-order valence-corrected chi connectivity index (χ4v) is 2.65. The van der Waals surface area contributed by atoms with Crippen LogP contribution in [0, 0.1) is 11.8 Å². The number of methoxy groups -OCH3 is 3. The smallest absolute Gasteiger partial charge is 0.407 e. The van der Waals surface area contributed by atoms with Gasteiger partial charge in [-0.25, -0.2) is 9.59 Å². The minimum absolute atomic E-state index is 0.00997. The average Bonchev–Trinajstić information content (AvgIpc) is 2.79. The number of nitrogens with one attached hydrogen (secondary N) is 2. The summed E-state index contributed by atoms with van der Waals surface area (Å²) in [6.07, 6.45) is -0.844. The standard InChI is InChI=1S/C20H26N2O9/c1-12(15(17(24)28-2)18(25)29-3)16(19(26)30-4)22-14(23)10-21-20(27)31-11-13-8-6-5-7-9-13/h5-9,12,15-16H,10-11H2,1-4H3,(H,21,27)(H,22,23)/t12-,16-/m1/s1. The summed E-state index contributed by atoms with van der Waals surface area (Å²) in [6, 6.07) is 7.53. The van der Waals surface area contributed by atoms with E-state index in [0.29, 0.717) is 0 Å². The number of carbonyl (C=O) groups is 5. The molecule has 0 aromatic heterocycles. The molecule has 1 aromatic carbocycles. The summed E-state index contributed by atoms with van der Waals surface area (Å²) in [7, 11) is 3.22. The van der Waals surface area contributed by atoms with Gasteiger partial charge in [-0.1, -0.05) is 37.3 Å². The highest BCUT2D eigenvalue weighted by Gasteiger charge is 2.42. The molecule has 170 valence electrons. The van der Waals surface area contributed by atoms with Crippen molar-refractivity contribution in [3.8, 4) is 0 Å². The topological polar surface area (TPSA) is 146 Å². The number of esters is 3. The minimum atomic E-state index is -1.48. The molecule has 0 unspecified atom stereocenters. The Morgan fingerprint density at radius 1 is 0.871 bits per heavy atom. The van der Waals surface area contributed by atoms with E-state index in [2.05, 4.69) is 24.8 Å². The predicted octanol–water partition coefficient (Wildman–Crippen LogP) is 0.169. The Labute approximate surface area is 179 Å². The maximum Gasteiger partial charge on any atom is 0.407 e. The van der Waals surface area contributed by atoms with Crippen molar-refractivity contribution in [3.63, 3.8) is 0 Å². The molecule has 11 heteroatoms. The molecule has 2 amide bonds. The zero-order valence-corrected chi connectivity index (χ0v) is 17.7. The lowest BCUT2D eigenvalue weighted by atomic mass is 9.87. The van der Waals surface area contributed by atoms with Crippen molar-refractivity contribution in [2.24, 2.45) is 11.8 Å². The largest absolute Gasteiger partial charge is 0.468 e. The molecule has 1 rings (SSSR count). The van der Waals surface area contributed by atoms with Crippen molar-refractivity contribution < 1.29 is 42.9 Å². The summed E-state index contributed by atoms with van der Waals surface area (Å²) < 4.78 is 18.8. The van der Waals surface area contributed by atoms with E-state index in [-0.39, 0.29) is 6.61 Å². The van der Waals surface area contributed by atoms with E-state index >= 15 is 0 Å². The molecular weight excluding hydrogens is 412 g/mol. The maximum absolute atomic E-state index is 12.2. The van der Waals surface area contributed by atoms with Crippen LogP contribution in [-0.2, 0) is 44.7 Å². The van der Waals surface area contributed by atoms with E-state index in [9.17, 15) is 24.0 Å². The van der Waals surface area contributed by atoms with Crippen molar-refractivity contribution in [1.82, 2.24) is 10.6 Å². The van der Waals surface area contributed by atoms with Crippen LogP contribution in [0.4, 0.5) is 4.79 Å². The van der Waals surface area contributed by atoms with E-state index < -0.39 is 54.3 Å². The van der Waals surface area contributed by atoms with Gasteiger partial charge in [0.25, 0.3) is 0 Å². The molecule has 0 radical (unpaired) electrons. The zero-order chi connectivity index (χ0) is 23.4. The van der Waals surface area contributed by atoms with Crippen molar-refractivity contribution in [2.45, 2.75) is 19.6 Å². The van der Waals surface area contributed by atoms with Gasteiger partial charge in [0.15, 0.2) is 5.92 Å². The third kappa shape index (κ3) is 7.96. The quantitative estimate of drug-likeness (QED) is 0.296. The van der Waals surface area contributed by atoms with Gasteiger partial charge in [0, 0.05) is 5.92 Å². The Morgan fingerprint density at radius 2 is 1.42 bits per heavy atom. The number of alkyl carbamates (subject to hydrolysis) is 1. The third-order valence-electron chi connectivity index (χ3n) is 4.34. The lowest BCUT2D eigenvalue weighted by Crippen LogP contribution is -2.52. The number of rotatable bonds is 10. The van der Waals surface area contributed by atoms with Gasteiger partial charge in [-0.2, -0.15) is 0 Å². The molecule has 2 N–H and O–H groups in total. The van der Waals surface area contributed by atoms with Crippen molar-refractivity contribution in [2.75, 3.05) is 27.9 Å². The van der Waals surface area contributed by atoms with Crippen LogP contribution in [0.3, 0.4) is 0 Å². The second-order valence-electron chi connectivity index (χ2n) is 6.37. The third-order valence-corrected chi connectivity index (χ3v) is 4.34. The fraction of sp³-hybridized carbons (Fsp3) is 0.450. The summed E-state index contributed by atoms with van der Waals surface area (Å²) >= 11 is 0. The summed E-state index contributed by atoms with van der Waals surface area (Å²) in [5.41, 5.74) is 0.762. The highest BCUT2D eigenvalue weighted by Crippen LogP contribution is 2.20. The molecule has 11 nitrogen and oxygen atoms in total. The van der Waals surface area contributed by atoms with Gasteiger partial charge in [-0.3, -0.25) is 14.4 Å². The Balaban J connectivity index is 2.72. The first-order valence-corrected chi connectivity index (χ1v) is 9.22. The summed E-state index contributed by atoms with van der Waals surface area (Å²) in [5.74, 6) is -6.10. The zero-order valence-electron chi connectivity index (χ0n) is 17.7. The van der Waals surface area contributed by atoms with Crippen LogP contribution in [0.25, 0.3) is 0 Å². The van der Waals surface area contributed by atoms with Crippen molar-refractivity contribution >= 4 is 29.9 Å². The number of hydrogen-bond acceptors (Lipinski definition) is 9. The van der Waals surface area contributed by atoms with Gasteiger partial charge in [-0.15, -0.1) is 0 Å². The Kier molecular flexibility index (Phi) is 10.5. The van der Waals surface area contributed by atoms with Crippen molar-refractivity contribution in [1.29, 1.82) is 0 Å². The van der Waals surface area contributed by atoms with Gasteiger partial charge in [0.05, 0.1) is 21.3 Å². The Bertz CT molecular complexity index is 766. The van der Waals surface area contributed by atoms with Crippen LogP contribution in [0.2, 0.25) is 0 Å². The first-order chi connectivity index (χ1) is 14.7. The van der Waals surface area contributed by atoms with E-state index in [1.807, 2.05) is 6.07 Å². The van der Waals surface area contributed by atoms with Gasteiger partial charge in [-0.05, 0) is 5.56 Å². The van der Waals surface area contributed by atoms with E-state index in [4.69, 9.17) is 4.74 Å². The van der Waals surface area contributed by atoms with Gasteiger partial charge < -0.3 is 29.6 Å². The molecule has 0 saturated carbocycles. The van der Waals surface area contributed by atoms with E-state index in [1.54, 1.807) is 24.3 Å². The molecule has 31 heavy (non-hydrogen) atoms. The van der Waals surface area contributed by atoms with Crippen LogP contribution in [0.1, 0.15) is 12.5 Å². The number of carbonyl (C=O) groups excluding carboxylic acids is 5. The van der Waals surface area contributed by atoms with Crippen LogP contribution in [0.5, 0.6) is 0 Å². The van der Waals surface area contributed by atoms with Crippen LogP contribution in [0.15, 0.2) is 30.3 Å². The first kappa shape index (κ1) is 25.4. The predicted molar refractivity (Wildman–Crippen MR) is 105 cm³/mol. The number of hydrogen-bond donors (Lipinski definition) is 2. The monoisotopic (exact) mass is 438 g/mol. The number of amides is 2. The summed E-state index contributed by atoms with van der Waals surface area (Å²) in [4.78, 5) is 60.2. The van der Waals surface area contributed by atoms with Gasteiger partial charge in [0.2, 0.25) is 5.91 Å². The van der Waals surface area contributed by atoms with Crippen LogP contribution < -0.4 is 10.6 Å². The molecule has 0 aliphatic rings. The highest BCUT2D eigenvalue weighted by atomic mass is 16.6. The minimum Gasteiger partial charge on any atom is -0.468 e. The Hall–Kier alpha value is -3.63. The number of benzene rings is 1. The lowest BCUT2D eigenvalue weighted by molar-refractivity contribution is -0.163. The van der Waals surface area contributed by atoms with E-state index in [1.165, 1.54) is 6.92 Å².